The second-order valence-corrected chi connectivity index (χ2v) is 6.92. The highest BCUT2D eigenvalue weighted by atomic mass is 32.1. The third-order valence-corrected chi connectivity index (χ3v) is 5.45. The van der Waals surface area contributed by atoms with Crippen LogP contribution in [0.3, 0.4) is 0 Å². The van der Waals surface area contributed by atoms with Crippen LogP contribution in [-0.2, 0) is 4.79 Å². The number of aryl methyl sites for hydroxylation is 1. The van der Waals surface area contributed by atoms with Gasteiger partial charge in [-0.15, -0.1) is 11.3 Å². The number of hydrogen-bond donors (Lipinski definition) is 2. The number of carboxylic acids is 1. The highest BCUT2D eigenvalue weighted by Crippen LogP contribution is 2.34. The smallest absolute Gasteiger partial charge is 0.308 e. The van der Waals surface area contributed by atoms with Crippen molar-refractivity contribution in [1.29, 1.82) is 0 Å². The summed E-state index contributed by atoms with van der Waals surface area (Å²) in [5, 5.41) is 14.2. The lowest BCUT2D eigenvalue weighted by atomic mass is 9.73. The van der Waals surface area contributed by atoms with E-state index in [0.29, 0.717) is 12.0 Å². The molecule has 1 amide bonds. The Hall–Kier alpha value is -1.36. The third-order valence-electron chi connectivity index (χ3n) is 4.44. The molecule has 4 nitrogen and oxygen atoms in total. The molecule has 1 saturated carbocycles. The molecule has 5 heteroatoms. The fraction of sp³-hybridized carbons (Fsp3) is 0.600. The number of carbonyl (C=O) groups excluding carboxylic acids is 1. The van der Waals surface area contributed by atoms with E-state index in [0.717, 1.165) is 29.7 Å². The molecular weight excluding hydrogens is 274 g/mol. The van der Waals surface area contributed by atoms with E-state index in [9.17, 15) is 14.7 Å². The number of carbonyl (C=O) groups is 2. The highest BCUT2D eigenvalue weighted by molar-refractivity contribution is 7.10. The van der Waals surface area contributed by atoms with Gasteiger partial charge in [0.2, 0.25) is 0 Å². The summed E-state index contributed by atoms with van der Waals surface area (Å²) < 4.78 is 0. The minimum atomic E-state index is -0.814. The molecule has 0 aliphatic heterocycles. The molecule has 1 aliphatic rings. The van der Waals surface area contributed by atoms with Crippen molar-refractivity contribution < 1.29 is 14.7 Å². The Morgan fingerprint density at radius 2 is 2.10 bits per heavy atom. The average molecular weight is 295 g/mol. The van der Waals surface area contributed by atoms with Crippen molar-refractivity contribution >= 4 is 23.2 Å². The van der Waals surface area contributed by atoms with Gasteiger partial charge in [-0.25, -0.2) is 0 Å². The summed E-state index contributed by atoms with van der Waals surface area (Å²) in [4.78, 5) is 25.0. The second-order valence-electron chi connectivity index (χ2n) is 5.84. The predicted molar refractivity (Wildman–Crippen MR) is 79.3 cm³/mol. The van der Waals surface area contributed by atoms with E-state index in [2.05, 4.69) is 5.32 Å². The molecule has 0 saturated heterocycles. The van der Waals surface area contributed by atoms with E-state index in [1.54, 1.807) is 11.3 Å². The summed E-state index contributed by atoms with van der Waals surface area (Å²) in [5.74, 6) is -1.46. The van der Waals surface area contributed by atoms with Gasteiger partial charge in [0.1, 0.15) is 0 Å². The lowest BCUT2D eigenvalue weighted by Crippen LogP contribution is -2.55. The summed E-state index contributed by atoms with van der Waals surface area (Å²) in [6.45, 7) is 5.77. The Morgan fingerprint density at radius 1 is 1.40 bits per heavy atom. The van der Waals surface area contributed by atoms with Gasteiger partial charge in [-0.2, -0.15) is 0 Å². The van der Waals surface area contributed by atoms with Crippen molar-refractivity contribution in [1.82, 2.24) is 5.32 Å². The monoisotopic (exact) mass is 295 g/mol. The average Bonchev–Trinajstić information content (AvgIpc) is 2.69. The van der Waals surface area contributed by atoms with Gasteiger partial charge in [-0.1, -0.05) is 12.8 Å². The number of rotatable bonds is 3. The van der Waals surface area contributed by atoms with E-state index in [4.69, 9.17) is 0 Å². The number of carboxylic acid groups (broad SMARTS) is 1. The number of amides is 1. The van der Waals surface area contributed by atoms with Gasteiger partial charge in [0, 0.05) is 10.3 Å². The van der Waals surface area contributed by atoms with Crippen LogP contribution < -0.4 is 5.32 Å². The largest absolute Gasteiger partial charge is 0.481 e. The van der Waals surface area contributed by atoms with Gasteiger partial charge in [0.25, 0.3) is 5.91 Å². The van der Waals surface area contributed by atoms with Crippen LogP contribution in [0.25, 0.3) is 0 Å². The number of nitrogens with one attached hydrogen (secondary N) is 1. The Labute approximate surface area is 123 Å². The van der Waals surface area contributed by atoms with Gasteiger partial charge >= 0.3 is 5.97 Å². The first-order chi connectivity index (χ1) is 9.35. The molecule has 2 unspecified atom stereocenters. The molecule has 2 atom stereocenters. The molecule has 0 radical (unpaired) electrons. The molecule has 20 heavy (non-hydrogen) atoms. The van der Waals surface area contributed by atoms with Crippen molar-refractivity contribution in [2.75, 3.05) is 0 Å². The summed E-state index contributed by atoms with van der Waals surface area (Å²) in [5.41, 5.74) is 1.01. The summed E-state index contributed by atoms with van der Waals surface area (Å²) >= 11 is 1.55. The molecule has 2 rings (SSSR count). The van der Waals surface area contributed by atoms with Crippen LogP contribution in [0.5, 0.6) is 0 Å². The highest BCUT2D eigenvalue weighted by Gasteiger charge is 2.42. The molecule has 1 fully saturated rings. The lowest BCUT2D eigenvalue weighted by molar-refractivity contribution is -0.145. The molecule has 0 aromatic carbocycles. The fourth-order valence-electron chi connectivity index (χ4n) is 2.94. The zero-order valence-electron chi connectivity index (χ0n) is 12.2. The van der Waals surface area contributed by atoms with Crippen LogP contribution in [0.4, 0.5) is 0 Å². The lowest BCUT2D eigenvalue weighted by Gasteiger charge is -2.39. The van der Waals surface area contributed by atoms with Crippen molar-refractivity contribution in [2.45, 2.75) is 52.0 Å². The molecule has 1 aromatic rings. The Kier molecular flexibility index (Phi) is 4.18. The fourth-order valence-corrected chi connectivity index (χ4v) is 3.81. The maximum atomic E-state index is 12.4. The summed E-state index contributed by atoms with van der Waals surface area (Å²) in [6.07, 6.45) is 3.23. The first kappa shape index (κ1) is 15.0. The van der Waals surface area contributed by atoms with E-state index < -0.39 is 17.4 Å². The maximum Gasteiger partial charge on any atom is 0.308 e. The van der Waals surface area contributed by atoms with Crippen LogP contribution in [-0.4, -0.2) is 22.5 Å². The molecular formula is C15H21NO3S. The van der Waals surface area contributed by atoms with E-state index in [-0.39, 0.29) is 5.91 Å². The minimum Gasteiger partial charge on any atom is -0.481 e. The molecule has 1 aromatic heterocycles. The van der Waals surface area contributed by atoms with Gasteiger partial charge in [0.05, 0.1) is 17.0 Å². The normalized spacial score (nSPS) is 26.2. The zero-order chi connectivity index (χ0) is 14.9. The van der Waals surface area contributed by atoms with Crippen molar-refractivity contribution in [3.8, 4) is 0 Å². The number of aliphatic carboxylic acids is 1. The van der Waals surface area contributed by atoms with Gasteiger partial charge < -0.3 is 10.4 Å². The van der Waals surface area contributed by atoms with Crippen LogP contribution in [0.15, 0.2) is 5.38 Å². The SMILES string of the molecule is Cc1scc(C(=O)NC2(C)CCCCC2C(=O)O)c1C. The number of thiophene rings is 1. The van der Waals surface area contributed by atoms with E-state index in [1.165, 1.54) is 0 Å². The third kappa shape index (κ3) is 2.73. The van der Waals surface area contributed by atoms with Crippen LogP contribution in [0.1, 0.15) is 53.4 Å². The molecule has 110 valence electrons. The van der Waals surface area contributed by atoms with Gasteiger partial charge in [0.15, 0.2) is 0 Å². The molecule has 1 heterocycles. The first-order valence-corrected chi connectivity index (χ1v) is 7.83. The standard InChI is InChI=1S/C15H21NO3S/c1-9-10(2)20-8-11(9)13(17)16-15(3)7-5-4-6-12(15)14(18)19/h8,12H,4-7H2,1-3H3,(H,16,17)(H,18,19). The van der Waals surface area contributed by atoms with E-state index >= 15 is 0 Å². The number of hydrogen-bond acceptors (Lipinski definition) is 3. The second kappa shape index (κ2) is 5.56. The summed E-state index contributed by atoms with van der Waals surface area (Å²) in [7, 11) is 0. The van der Waals surface area contributed by atoms with Crippen LogP contribution in [0, 0.1) is 19.8 Å². The molecule has 2 N–H and O–H groups in total. The van der Waals surface area contributed by atoms with Gasteiger partial charge in [-0.3, -0.25) is 9.59 Å². The molecule has 1 aliphatic carbocycles. The van der Waals surface area contributed by atoms with Crippen LogP contribution in [0.2, 0.25) is 0 Å². The first-order valence-electron chi connectivity index (χ1n) is 6.95. The Balaban J connectivity index is 2.20. The van der Waals surface area contributed by atoms with Crippen LogP contribution >= 0.6 is 11.3 Å². The van der Waals surface area contributed by atoms with Crippen molar-refractivity contribution in [3.63, 3.8) is 0 Å². The molecule has 0 spiro atoms. The van der Waals surface area contributed by atoms with Gasteiger partial charge in [-0.05, 0) is 39.2 Å². The quantitative estimate of drug-likeness (QED) is 0.900. The predicted octanol–water partition coefficient (Wildman–Crippen LogP) is 3.13. The van der Waals surface area contributed by atoms with Crippen molar-refractivity contribution in [2.24, 2.45) is 5.92 Å². The van der Waals surface area contributed by atoms with E-state index in [1.807, 2.05) is 26.2 Å². The minimum absolute atomic E-state index is 0.150. The topological polar surface area (TPSA) is 66.4 Å². The zero-order valence-corrected chi connectivity index (χ0v) is 13.0. The maximum absolute atomic E-state index is 12.4. The summed E-state index contributed by atoms with van der Waals surface area (Å²) in [6, 6.07) is 0. The molecule has 0 bridgehead atoms. The Bertz CT molecular complexity index is 537. The Morgan fingerprint density at radius 3 is 2.65 bits per heavy atom. The van der Waals surface area contributed by atoms with Crippen molar-refractivity contribution in [3.05, 3.63) is 21.4 Å².